The molecule has 104 valence electrons. The Kier molecular flexibility index (Phi) is 5.47. The maximum absolute atomic E-state index is 6.46. The average Bonchev–Trinajstić information content (AvgIpc) is 2.42. The quantitative estimate of drug-likeness (QED) is 0.731. The molecule has 0 saturated carbocycles. The van der Waals surface area contributed by atoms with Crippen LogP contribution in [0.5, 0.6) is 0 Å². The summed E-state index contributed by atoms with van der Waals surface area (Å²) >= 11 is 6.46. The van der Waals surface area contributed by atoms with E-state index in [4.69, 9.17) is 11.6 Å². The predicted molar refractivity (Wildman–Crippen MR) is 83.8 cm³/mol. The van der Waals surface area contributed by atoms with E-state index in [0.717, 1.165) is 18.0 Å². The highest BCUT2D eigenvalue weighted by Gasteiger charge is 2.19. The van der Waals surface area contributed by atoms with Crippen molar-refractivity contribution in [3.8, 4) is 0 Å². The first kappa shape index (κ1) is 14.6. The molecule has 0 radical (unpaired) electrons. The molecule has 2 heteroatoms. The standard InChI is InChI=1S/C17H24ClN/c1-3-11-19-17(14-7-5-4-6-8-14)15-10-9-13(2)12-16(15)18/h7,9-10,12,17,19H,3-6,8,11H2,1-2H3. The zero-order valence-corrected chi connectivity index (χ0v) is 12.8. The molecule has 1 nitrogen and oxygen atoms in total. The van der Waals surface area contributed by atoms with Crippen molar-refractivity contribution in [1.29, 1.82) is 0 Å². The van der Waals surface area contributed by atoms with Gasteiger partial charge in [0.15, 0.2) is 0 Å². The zero-order chi connectivity index (χ0) is 13.7. The zero-order valence-electron chi connectivity index (χ0n) is 12.0. The molecule has 1 unspecified atom stereocenters. The van der Waals surface area contributed by atoms with Gasteiger partial charge in [0.1, 0.15) is 0 Å². The van der Waals surface area contributed by atoms with Gasteiger partial charge in [-0.2, -0.15) is 0 Å². The number of nitrogens with one attached hydrogen (secondary N) is 1. The number of benzene rings is 1. The molecule has 0 aliphatic heterocycles. The van der Waals surface area contributed by atoms with Crippen molar-refractivity contribution in [2.75, 3.05) is 6.54 Å². The van der Waals surface area contributed by atoms with Gasteiger partial charge in [0, 0.05) is 5.02 Å². The lowest BCUT2D eigenvalue weighted by Crippen LogP contribution is -2.25. The van der Waals surface area contributed by atoms with E-state index in [1.807, 2.05) is 0 Å². The number of hydrogen-bond acceptors (Lipinski definition) is 1. The highest BCUT2D eigenvalue weighted by Crippen LogP contribution is 2.33. The summed E-state index contributed by atoms with van der Waals surface area (Å²) in [6.07, 6.45) is 8.60. The summed E-state index contributed by atoms with van der Waals surface area (Å²) in [5.41, 5.74) is 3.97. The Labute approximate surface area is 122 Å². The molecule has 0 aromatic heterocycles. The van der Waals surface area contributed by atoms with Gasteiger partial charge >= 0.3 is 0 Å². The first-order valence-corrected chi connectivity index (χ1v) is 7.78. The first-order valence-electron chi connectivity index (χ1n) is 7.40. The van der Waals surface area contributed by atoms with E-state index >= 15 is 0 Å². The maximum atomic E-state index is 6.46. The van der Waals surface area contributed by atoms with Gasteiger partial charge in [0.05, 0.1) is 6.04 Å². The molecule has 0 saturated heterocycles. The van der Waals surface area contributed by atoms with Gasteiger partial charge in [0.2, 0.25) is 0 Å². The van der Waals surface area contributed by atoms with Crippen LogP contribution in [0.4, 0.5) is 0 Å². The lowest BCUT2D eigenvalue weighted by Gasteiger charge is -2.26. The molecule has 0 spiro atoms. The second kappa shape index (κ2) is 7.12. The lowest BCUT2D eigenvalue weighted by molar-refractivity contribution is 0.547. The summed E-state index contributed by atoms with van der Waals surface area (Å²) in [6, 6.07) is 6.71. The Balaban J connectivity index is 2.27. The van der Waals surface area contributed by atoms with Crippen LogP contribution in [0, 0.1) is 6.92 Å². The van der Waals surface area contributed by atoms with Crippen LogP contribution in [-0.2, 0) is 0 Å². The van der Waals surface area contributed by atoms with Gasteiger partial charge in [-0.15, -0.1) is 0 Å². The summed E-state index contributed by atoms with van der Waals surface area (Å²) in [6.45, 7) is 5.33. The van der Waals surface area contributed by atoms with E-state index in [2.05, 4.69) is 43.4 Å². The second-order valence-electron chi connectivity index (χ2n) is 5.44. The Hall–Kier alpha value is -0.790. The van der Waals surface area contributed by atoms with Crippen molar-refractivity contribution >= 4 is 11.6 Å². The van der Waals surface area contributed by atoms with E-state index in [-0.39, 0.29) is 0 Å². The van der Waals surface area contributed by atoms with E-state index < -0.39 is 0 Å². The molecule has 1 aromatic carbocycles. The largest absolute Gasteiger partial charge is 0.306 e. The summed E-state index contributed by atoms with van der Waals surface area (Å²) < 4.78 is 0. The summed E-state index contributed by atoms with van der Waals surface area (Å²) in [5, 5.41) is 4.55. The van der Waals surface area contributed by atoms with Gasteiger partial charge in [-0.3, -0.25) is 0 Å². The van der Waals surface area contributed by atoms with Gasteiger partial charge in [0.25, 0.3) is 0 Å². The van der Waals surface area contributed by atoms with Crippen molar-refractivity contribution in [3.05, 3.63) is 46.0 Å². The second-order valence-corrected chi connectivity index (χ2v) is 5.84. The van der Waals surface area contributed by atoms with Crippen molar-refractivity contribution in [1.82, 2.24) is 5.32 Å². The molecule has 1 aromatic rings. The molecule has 0 heterocycles. The van der Waals surface area contributed by atoms with Crippen molar-refractivity contribution in [2.24, 2.45) is 0 Å². The van der Waals surface area contributed by atoms with Crippen LogP contribution < -0.4 is 5.32 Å². The third kappa shape index (κ3) is 3.84. The summed E-state index contributed by atoms with van der Waals surface area (Å²) in [7, 11) is 0. The van der Waals surface area contributed by atoms with Crippen molar-refractivity contribution < 1.29 is 0 Å². The van der Waals surface area contributed by atoms with Gasteiger partial charge in [-0.05, 0) is 62.8 Å². The van der Waals surface area contributed by atoms with Gasteiger partial charge < -0.3 is 5.32 Å². The summed E-state index contributed by atoms with van der Waals surface area (Å²) in [5.74, 6) is 0. The fraction of sp³-hybridized carbons (Fsp3) is 0.529. The first-order chi connectivity index (χ1) is 9.22. The maximum Gasteiger partial charge on any atom is 0.0550 e. The molecule has 2 rings (SSSR count). The Bertz CT molecular complexity index is 451. The molecule has 1 aliphatic rings. The van der Waals surface area contributed by atoms with E-state index in [1.165, 1.54) is 42.4 Å². The van der Waals surface area contributed by atoms with Crippen LogP contribution in [0.3, 0.4) is 0 Å². The fourth-order valence-corrected chi connectivity index (χ4v) is 3.07. The highest BCUT2D eigenvalue weighted by atomic mass is 35.5. The molecular formula is C17H24ClN. The topological polar surface area (TPSA) is 12.0 Å². The number of hydrogen-bond donors (Lipinski definition) is 1. The van der Waals surface area contributed by atoms with Crippen LogP contribution in [0.2, 0.25) is 5.02 Å². The molecule has 0 fully saturated rings. The molecule has 0 amide bonds. The van der Waals surface area contributed by atoms with Gasteiger partial charge in [-0.1, -0.05) is 42.3 Å². The number of halogens is 1. The van der Waals surface area contributed by atoms with Gasteiger partial charge in [-0.25, -0.2) is 0 Å². The summed E-state index contributed by atoms with van der Waals surface area (Å²) in [4.78, 5) is 0. The van der Waals surface area contributed by atoms with E-state index in [0.29, 0.717) is 6.04 Å². The number of aryl methyl sites for hydroxylation is 1. The Morgan fingerprint density at radius 2 is 2.16 bits per heavy atom. The Morgan fingerprint density at radius 1 is 1.32 bits per heavy atom. The van der Waals surface area contributed by atoms with E-state index in [9.17, 15) is 0 Å². The van der Waals surface area contributed by atoms with Crippen molar-refractivity contribution in [2.45, 2.75) is 52.0 Å². The predicted octanol–water partition coefficient (Wildman–Crippen LogP) is 5.19. The third-order valence-electron chi connectivity index (χ3n) is 3.76. The lowest BCUT2D eigenvalue weighted by atomic mass is 9.89. The highest BCUT2D eigenvalue weighted by molar-refractivity contribution is 6.31. The minimum atomic E-state index is 0.299. The van der Waals surface area contributed by atoms with Crippen molar-refractivity contribution in [3.63, 3.8) is 0 Å². The molecule has 1 aliphatic carbocycles. The minimum absolute atomic E-state index is 0.299. The molecule has 0 bridgehead atoms. The van der Waals surface area contributed by atoms with Crippen LogP contribution >= 0.6 is 11.6 Å². The van der Waals surface area contributed by atoms with Crippen LogP contribution in [0.25, 0.3) is 0 Å². The fourth-order valence-electron chi connectivity index (χ4n) is 2.72. The minimum Gasteiger partial charge on any atom is -0.306 e. The van der Waals surface area contributed by atoms with E-state index in [1.54, 1.807) is 0 Å². The molecule has 19 heavy (non-hydrogen) atoms. The third-order valence-corrected chi connectivity index (χ3v) is 4.09. The van der Waals surface area contributed by atoms with Crippen LogP contribution in [-0.4, -0.2) is 6.54 Å². The SMILES string of the molecule is CCCNC(C1=CCCCC1)c1ccc(C)cc1Cl. The molecule has 1 N–H and O–H groups in total. The van der Waals surface area contributed by atoms with Crippen LogP contribution in [0.15, 0.2) is 29.8 Å². The molecule has 1 atom stereocenters. The molecular weight excluding hydrogens is 254 g/mol. The smallest absolute Gasteiger partial charge is 0.0550 e. The average molecular weight is 278 g/mol. The number of allylic oxidation sites excluding steroid dienone is 1. The van der Waals surface area contributed by atoms with Crippen LogP contribution in [0.1, 0.15) is 56.2 Å². The normalized spacial score (nSPS) is 17.1. The monoisotopic (exact) mass is 277 g/mol. The number of rotatable bonds is 5. The Morgan fingerprint density at radius 3 is 2.79 bits per heavy atom.